The molecule has 56 heavy (non-hydrogen) atoms. The first-order chi connectivity index (χ1) is 27.8. The lowest BCUT2D eigenvalue weighted by molar-refractivity contribution is 0.654. The summed E-state index contributed by atoms with van der Waals surface area (Å²) in [6.45, 7) is 0. The van der Waals surface area contributed by atoms with E-state index in [1.54, 1.807) is 0 Å². The molecule has 2 atom stereocenters. The third-order valence-corrected chi connectivity index (χ3v) is 12.0. The average molecular weight is 720 g/mol. The van der Waals surface area contributed by atoms with Crippen molar-refractivity contribution in [3.8, 4) is 16.8 Å². The minimum atomic E-state index is 0.0188. The highest BCUT2D eigenvalue weighted by Crippen LogP contribution is 2.41. The van der Waals surface area contributed by atoms with Gasteiger partial charge in [0.1, 0.15) is 0 Å². The van der Waals surface area contributed by atoms with E-state index in [0.717, 1.165) is 17.7 Å². The third-order valence-electron chi connectivity index (χ3n) is 12.0. The van der Waals surface area contributed by atoms with Crippen LogP contribution in [0.1, 0.15) is 54.3 Å². The molecule has 0 amide bonds. The standard InChI is InChI=1S/C53H41N3/c1-4-15-36(16-5-1)39-21-14-22-42(31-39)55-51-26-13-11-24-45(51)47-32-40(28-30-52(47)55)41-27-29-46-44-23-10-12-25-50(44)56(53(46)33-41)43-34-48(37-17-6-2-7-18-37)54-49(35-43)38-19-8-3-9-20-38/h2-4,6-15,17-34,36,49H,1,5,16,35H2. The van der Waals surface area contributed by atoms with Gasteiger partial charge >= 0.3 is 0 Å². The van der Waals surface area contributed by atoms with E-state index < -0.39 is 0 Å². The van der Waals surface area contributed by atoms with Gasteiger partial charge in [0.15, 0.2) is 0 Å². The Morgan fingerprint density at radius 2 is 1.14 bits per heavy atom. The molecule has 7 aromatic carbocycles. The van der Waals surface area contributed by atoms with Crippen LogP contribution in [0.5, 0.6) is 0 Å². The van der Waals surface area contributed by atoms with Gasteiger partial charge in [0.05, 0.1) is 33.8 Å². The van der Waals surface area contributed by atoms with E-state index in [1.807, 2.05) is 0 Å². The van der Waals surface area contributed by atoms with Crippen molar-refractivity contribution in [2.75, 3.05) is 0 Å². The van der Waals surface area contributed by atoms with E-state index in [4.69, 9.17) is 4.99 Å². The van der Waals surface area contributed by atoms with Gasteiger partial charge in [0.2, 0.25) is 0 Å². The van der Waals surface area contributed by atoms with Gasteiger partial charge in [-0.2, -0.15) is 0 Å². The van der Waals surface area contributed by atoms with E-state index >= 15 is 0 Å². The summed E-state index contributed by atoms with van der Waals surface area (Å²) in [4.78, 5) is 5.34. The Labute approximate surface area is 327 Å². The minimum absolute atomic E-state index is 0.0188. The van der Waals surface area contributed by atoms with Crippen LogP contribution in [0.2, 0.25) is 0 Å². The number of hydrogen-bond donors (Lipinski definition) is 0. The molecule has 0 bridgehead atoms. The molecule has 0 N–H and O–H groups in total. The molecular formula is C53H41N3. The van der Waals surface area contributed by atoms with Crippen molar-refractivity contribution in [3.63, 3.8) is 0 Å². The molecule has 0 spiro atoms. The first kappa shape index (κ1) is 32.7. The van der Waals surface area contributed by atoms with Crippen LogP contribution < -0.4 is 0 Å². The molecular weight excluding hydrogens is 679 g/mol. The maximum atomic E-state index is 5.34. The average Bonchev–Trinajstić information content (AvgIpc) is 3.79. The molecule has 3 heterocycles. The largest absolute Gasteiger partial charge is 0.313 e. The van der Waals surface area contributed by atoms with Gasteiger partial charge in [-0.05, 0) is 95.6 Å². The van der Waals surface area contributed by atoms with Crippen molar-refractivity contribution in [3.05, 3.63) is 205 Å². The zero-order valence-corrected chi connectivity index (χ0v) is 31.2. The van der Waals surface area contributed by atoms with E-state index in [-0.39, 0.29) is 6.04 Å². The lowest BCUT2D eigenvalue weighted by Crippen LogP contribution is -2.13. The van der Waals surface area contributed by atoms with Gasteiger partial charge in [0, 0.05) is 45.3 Å². The normalized spacial score (nSPS) is 17.1. The Bertz CT molecular complexity index is 3030. The summed E-state index contributed by atoms with van der Waals surface area (Å²) >= 11 is 0. The monoisotopic (exact) mass is 719 g/mol. The summed E-state index contributed by atoms with van der Waals surface area (Å²) in [5.41, 5.74) is 14.6. The van der Waals surface area contributed by atoms with Gasteiger partial charge in [0.25, 0.3) is 0 Å². The third kappa shape index (κ3) is 5.54. The van der Waals surface area contributed by atoms with Crippen LogP contribution >= 0.6 is 0 Å². The van der Waals surface area contributed by atoms with E-state index in [0.29, 0.717) is 5.92 Å². The fourth-order valence-electron chi connectivity index (χ4n) is 9.33. The molecule has 268 valence electrons. The molecule has 0 radical (unpaired) electrons. The van der Waals surface area contributed by atoms with Crippen LogP contribution in [-0.2, 0) is 0 Å². The molecule has 3 nitrogen and oxygen atoms in total. The smallest absolute Gasteiger partial charge is 0.0811 e. The molecule has 9 aromatic rings. The summed E-state index contributed by atoms with van der Waals surface area (Å²) in [6.07, 6.45) is 11.5. The first-order valence-corrected chi connectivity index (χ1v) is 20.0. The van der Waals surface area contributed by atoms with Gasteiger partial charge in [-0.3, -0.25) is 4.99 Å². The molecule has 1 aliphatic heterocycles. The van der Waals surface area contributed by atoms with Crippen molar-refractivity contribution in [2.45, 2.75) is 37.6 Å². The van der Waals surface area contributed by atoms with Gasteiger partial charge in [-0.25, -0.2) is 0 Å². The van der Waals surface area contributed by atoms with Gasteiger partial charge < -0.3 is 9.13 Å². The van der Waals surface area contributed by atoms with Crippen molar-refractivity contribution >= 4 is 55.0 Å². The molecule has 1 aliphatic carbocycles. The second-order valence-corrected chi connectivity index (χ2v) is 15.4. The number of aliphatic imine (C=N–C) groups is 1. The molecule has 11 rings (SSSR count). The molecule has 0 saturated carbocycles. The summed E-state index contributed by atoms with van der Waals surface area (Å²) in [7, 11) is 0. The summed E-state index contributed by atoms with van der Waals surface area (Å²) in [6, 6.07) is 62.4. The second kappa shape index (κ2) is 13.5. The van der Waals surface area contributed by atoms with E-state index in [9.17, 15) is 0 Å². The number of nitrogens with zero attached hydrogens (tertiary/aromatic N) is 3. The van der Waals surface area contributed by atoms with Crippen molar-refractivity contribution in [1.29, 1.82) is 0 Å². The number of aromatic nitrogens is 2. The van der Waals surface area contributed by atoms with Gasteiger partial charge in [-0.15, -0.1) is 0 Å². The van der Waals surface area contributed by atoms with Crippen LogP contribution in [-0.4, -0.2) is 14.8 Å². The highest BCUT2D eigenvalue weighted by Gasteiger charge is 2.24. The predicted octanol–water partition coefficient (Wildman–Crippen LogP) is 13.9. The maximum absolute atomic E-state index is 5.34. The second-order valence-electron chi connectivity index (χ2n) is 15.4. The fraction of sp³-hybridized carbons (Fsp3) is 0.113. The molecule has 0 saturated heterocycles. The summed E-state index contributed by atoms with van der Waals surface area (Å²) < 4.78 is 4.96. The van der Waals surface area contributed by atoms with Crippen molar-refractivity contribution in [1.82, 2.24) is 9.13 Å². The first-order valence-electron chi connectivity index (χ1n) is 20.0. The lowest BCUT2D eigenvalue weighted by Gasteiger charge is -2.24. The number of fused-ring (bicyclic) bond motifs is 6. The Morgan fingerprint density at radius 3 is 1.95 bits per heavy atom. The van der Waals surface area contributed by atoms with Crippen molar-refractivity contribution < 1.29 is 0 Å². The topological polar surface area (TPSA) is 22.2 Å². The number of hydrogen-bond acceptors (Lipinski definition) is 1. The summed E-state index contributed by atoms with van der Waals surface area (Å²) in [5, 5.41) is 5.07. The minimum Gasteiger partial charge on any atom is -0.313 e. The van der Waals surface area contributed by atoms with Crippen LogP contribution in [0.3, 0.4) is 0 Å². The highest BCUT2D eigenvalue weighted by molar-refractivity contribution is 6.16. The fourth-order valence-corrected chi connectivity index (χ4v) is 9.33. The van der Waals surface area contributed by atoms with Gasteiger partial charge in [-0.1, -0.05) is 140 Å². The number of dihydropyridines is 1. The Morgan fingerprint density at radius 1 is 0.482 bits per heavy atom. The number of rotatable bonds is 6. The molecule has 3 heteroatoms. The Hall–Kier alpha value is -6.71. The van der Waals surface area contributed by atoms with Crippen LogP contribution in [0.25, 0.3) is 66.1 Å². The zero-order valence-electron chi connectivity index (χ0n) is 31.2. The molecule has 2 unspecified atom stereocenters. The quantitative estimate of drug-likeness (QED) is 0.153. The Kier molecular flexibility index (Phi) is 7.91. The Balaban J connectivity index is 1.06. The van der Waals surface area contributed by atoms with Crippen LogP contribution in [0, 0.1) is 0 Å². The van der Waals surface area contributed by atoms with Crippen molar-refractivity contribution in [2.24, 2.45) is 4.99 Å². The van der Waals surface area contributed by atoms with Crippen LogP contribution in [0.4, 0.5) is 0 Å². The summed E-state index contributed by atoms with van der Waals surface area (Å²) in [5.74, 6) is 0.486. The number of allylic oxidation sites excluding steroid dienone is 3. The lowest BCUT2D eigenvalue weighted by atomic mass is 9.89. The molecule has 0 fully saturated rings. The van der Waals surface area contributed by atoms with E-state index in [1.165, 1.54) is 96.5 Å². The predicted molar refractivity (Wildman–Crippen MR) is 236 cm³/mol. The number of para-hydroxylation sites is 2. The molecule has 2 aromatic heterocycles. The van der Waals surface area contributed by atoms with Crippen LogP contribution in [0.15, 0.2) is 193 Å². The SMILES string of the molecule is C1=CC(c2cccc(-n3c4ccccc4c4cc(-c5ccc6c7ccccc7n(C7=CC(c8ccccc8)=NC(c8ccccc8)C7)c6c5)ccc43)c2)CCC1. The molecule has 2 aliphatic rings. The maximum Gasteiger partial charge on any atom is 0.0811 e. The highest BCUT2D eigenvalue weighted by atomic mass is 15.0. The zero-order chi connectivity index (χ0) is 37.0. The number of benzene rings is 7. The van der Waals surface area contributed by atoms with E-state index in [2.05, 4.69) is 197 Å².